The topological polar surface area (TPSA) is 149 Å². The van der Waals surface area contributed by atoms with Crippen molar-refractivity contribution in [1.82, 2.24) is 24.8 Å². The molecule has 12 heteroatoms. The van der Waals surface area contributed by atoms with Crippen LogP contribution in [0.15, 0.2) is 30.7 Å². The molecule has 0 saturated heterocycles. The van der Waals surface area contributed by atoms with Crippen molar-refractivity contribution < 1.29 is 18.8 Å². The maximum absolute atomic E-state index is 14.0. The summed E-state index contributed by atoms with van der Waals surface area (Å²) in [5.74, 6) is -2.16. The second kappa shape index (κ2) is 9.82. The van der Waals surface area contributed by atoms with Gasteiger partial charge in [-0.15, -0.1) is 0 Å². The van der Waals surface area contributed by atoms with E-state index < -0.39 is 23.5 Å². The number of halogens is 2. The molecule has 3 rings (SSSR count). The van der Waals surface area contributed by atoms with Gasteiger partial charge in [0.15, 0.2) is 0 Å². The Balaban J connectivity index is 1.74. The fourth-order valence-electron chi connectivity index (χ4n) is 3.34. The number of fused-ring (bicyclic) bond motifs is 1. The van der Waals surface area contributed by atoms with Crippen molar-refractivity contribution in [2.75, 3.05) is 12.3 Å². The van der Waals surface area contributed by atoms with E-state index in [1.165, 1.54) is 34.1 Å². The maximum Gasteiger partial charge on any atom is 0.251 e. The third-order valence-electron chi connectivity index (χ3n) is 5.02. The number of carbonyl (C=O) groups excluding carboxylic acids is 3. The van der Waals surface area contributed by atoms with E-state index in [0.29, 0.717) is 0 Å². The largest absolute Gasteiger partial charge is 0.383 e. The molecule has 2 aromatic heterocycles. The number of rotatable bonds is 8. The molecule has 5 N–H and O–H groups in total. The summed E-state index contributed by atoms with van der Waals surface area (Å²) < 4.78 is 15.5. The molecule has 0 aliphatic rings. The number of aromatic nitrogens is 3. The first-order valence-electron chi connectivity index (χ1n) is 9.98. The Morgan fingerprint density at radius 1 is 1.27 bits per heavy atom. The van der Waals surface area contributed by atoms with Crippen molar-refractivity contribution in [3.05, 3.63) is 52.7 Å². The maximum atomic E-state index is 14.0. The lowest BCUT2D eigenvalue weighted by Crippen LogP contribution is -2.45. The zero-order valence-corrected chi connectivity index (χ0v) is 18.8. The summed E-state index contributed by atoms with van der Waals surface area (Å²) in [7, 11) is 0. The summed E-state index contributed by atoms with van der Waals surface area (Å²) >= 11 is 5.76. The van der Waals surface area contributed by atoms with Crippen LogP contribution in [0.25, 0.3) is 11.0 Å². The molecule has 10 nitrogen and oxygen atoms in total. The van der Waals surface area contributed by atoms with Crippen LogP contribution < -0.4 is 16.8 Å². The first-order chi connectivity index (χ1) is 15.6. The summed E-state index contributed by atoms with van der Waals surface area (Å²) in [4.78, 5) is 46.6. The molecule has 3 amide bonds. The third-order valence-corrected chi connectivity index (χ3v) is 5.31. The van der Waals surface area contributed by atoms with Crippen molar-refractivity contribution in [1.29, 1.82) is 0 Å². The van der Waals surface area contributed by atoms with Crippen LogP contribution in [-0.2, 0) is 22.7 Å². The fraction of sp³-hybridized carbons (Fsp3) is 0.286. The molecule has 0 spiro atoms. The van der Waals surface area contributed by atoms with Crippen LogP contribution in [0.2, 0.25) is 5.02 Å². The average molecular weight is 476 g/mol. The SMILES string of the molecule is CC(C)N(CC(=O)NCc1cccc(Cl)c1F)C(=O)Cn1cc(C(N)=O)c2c(N)ncnc21. The lowest BCUT2D eigenvalue weighted by molar-refractivity contribution is -0.138. The summed E-state index contributed by atoms with van der Waals surface area (Å²) in [6.07, 6.45) is 2.60. The number of primary amides is 1. The van der Waals surface area contributed by atoms with E-state index in [-0.39, 0.29) is 58.7 Å². The number of nitrogens with zero attached hydrogens (tertiary/aromatic N) is 4. The second-order valence-electron chi connectivity index (χ2n) is 7.60. The number of anilines is 1. The van der Waals surface area contributed by atoms with Gasteiger partial charge in [-0.3, -0.25) is 14.4 Å². The van der Waals surface area contributed by atoms with E-state index in [1.807, 2.05) is 0 Å². The molecule has 0 aliphatic carbocycles. The smallest absolute Gasteiger partial charge is 0.251 e. The number of benzene rings is 1. The summed E-state index contributed by atoms with van der Waals surface area (Å²) in [5, 5.41) is 2.81. The zero-order valence-electron chi connectivity index (χ0n) is 18.0. The quantitative estimate of drug-likeness (QED) is 0.449. The number of nitrogens with one attached hydrogen (secondary N) is 1. The molecule has 1 aromatic carbocycles. The van der Waals surface area contributed by atoms with Gasteiger partial charge in [-0.1, -0.05) is 23.7 Å². The molecular weight excluding hydrogens is 453 g/mol. The highest BCUT2D eigenvalue weighted by Crippen LogP contribution is 2.23. The number of hydrogen-bond donors (Lipinski definition) is 3. The highest BCUT2D eigenvalue weighted by molar-refractivity contribution is 6.30. The summed E-state index contributed by atoms with van der Waals surface area (Å²) in [6, 6.07) is 4.18. The van der Waals surface area contributed by atoms with Crippen molar-refractivity contribution >= 4 is 46.2 Å². The van der Waals surface area contributed by atoms with Crippen LogP contribution >= 0.6 is 11.6 Å². The summed E-state index contributed by atoms with van der Waals surface area (Å²) in [6.45, 7) is 2.97. The molecule has 174 valence electrons. The van der Waals surface area contributed by atoms with Crippen LogP contribution in [0.4, 0.5) is 10.2 Å². The van der Waals surface area contributed by atoms with Crippen molar-refractivity contribution in [2.45, 2.75) is 33.0 Å². The van der Waals surface area contributed by atoms with Gasteiger partial charge in [0, 0.05) is 24.3 Å². The Bertz CT molecular complexity index is 1230. The van der Waals surface area contributed by atoms with Gasteiger partial charge in [0.05, 0.1) is 22.5 Å². The number of nitrogen functional groups attached to an aromatic ring is 1. The normalized spacial score (nSPS) is 11.1. The van der Waals surface area contributed by atoms with E-state index in [0.717, 1.165) is 0 Å². The standard InChI is InChI=1S/C21H23ClFN7O3/c1-11(2)30(8-15(31)26-6-12-4-3-5-14(22)18(12)23)16(32)9-29-7-13(20(25)33)17-19(24)27-10-28-21(17)29/h3-5,7,10-11H,6,8-9H2,1-2H3,(H2,25,33)(H,26,31)(H2,24,27,28). The second-order valence-corrected chi connectivity index (χ2v) is 8.00. The molecule has 0 atom stereocenters. The molecule has 0 aliphatic heterocycles. The Hall–Kier alpha value is -3.73. The average Bonchev–Trinajstić information content (AvgIpc) is 3.12. The number of amides is 3. The highest BCUT2D eigenvalue weighted by Gasteiger charge is 2.24. The first kappa shape index (κ1) is 23.9. The minimum Gasteiger partial charge on any atom is -0.383 e. The molecule has 0 fully saturated rings. The molecule has 3 aromatic rings. The Kier molecular flexibility index (Phi) is 7.12. The molecule has 0 saturated carbocycles. The minimum atomic E-state index is -0.735. The van der Waals surface area contributed by atoms with Crippen molar-refractivity contribution in [2.24, 2.45) is 5.73 Å². The molecular formula is C21H23ClFN7O3. The lowest BCUT2D eigenvalue weighted by Gasteiger charge is -2.26. The lowest BCUT2D eigenvalue weighted by atomic mass is 10.2. The van der Waals surface area contributed by atoms with Gasteiger partial charge in [0.25, 0.3) is 5.91 Å². The Labute approximate surface area is 193 Å². The van der Waals surface area contributed by atoms with Gasteiger partial charge in [-0.25, -0.2) is 14.4 Å². The van der Waals surface area contributed by atoms with Crippen LogP contribution in [0.3, 0.4) is 0 Å². The van der Waals surface area contributed by atoms with E-state index in [4.69, 9.17) is 23.1 Å². The third kappa shape index (κ3) is 5.20. The van der Waals surface area contributed by atoms with Gasteiger partial charge in [-0.05, 0) is 19.9 Å². The van der Waals surface area contributed by atoms with Gasteiger partial charge >= 0.3 is 0 Å². The monoisotopic (exact) mass is 475 g/mol. The van der Waals surface area contributed by atoms with E-state index in [9.17, 15) is 18.8 Å². The predicted octanol–water partition coefficient (Wildman–Crippen LogP) is 1.46. The van der Waals surface area contributed by atoms with Gasteiger partial charge < -0.3 is 26.3 Å². The summed E-state index contributed by atoms with van der Waals surface area (Å²) in [5.41, 5.74) is 11.9. The van der Waals surface area contributed by atoms with E-state index in [1.54, 1.807) is 19.9 Å². The number of hydrogen-bond acceptors (Lipinski definition) is 6. The Morgan fingerprint density at radius 2 is 2.00 bits per heavy atom. The number of nitrogens with two attached hydrogens (primary N) is 2. The zero-order chi connectivity index (χ0) is 24.3. The van der Waals surface area contributed by atoms with Crippen molar-refractivity contribution in [3.63, 3.8) is 0 Å². The predicted molar refractivity (Wildman–Crippen MR) is 121 cm³/mol. The van der Waals surface area contributed by atoms with Crippen LogP contribution in [0.1, 0.15) is 29.8 Å². The fourth-order valence-corrected chi connectivity index (χ4v) is 3.53. The molecule has 0 radical (unpaired) electrons. The van der Waals surface area contributed by atoms with Gasteiger partial charge in [-0.2, -0.15) is 0 Å². The molecule has 0 bridgehead atoms. The minimum absolute atomic E-state index is 0.0422. The van der Waals surface area contributed by atoms with Crippen molar-refractivity contribution in [3.8, 4) is 0 Å². The Morgan fingerprint density at radius 3 is 2.67 bits per heavy atom. The van der Waals surface area contributed by atoms with Crippen LogP contribution in [-0.4, -0.2) is 49.7 Å². The molecule has 0 unspecified atom stereocenters. The van der Waals surface area contributed by atoms with E-state index >= 15 is 0 Å². The van der Waals surface area contributed by atoms with Gasteiger partial charge in [0.1, 0.15) is 30.2 Å². The van der Waals surface area contributed by atoms with Gasteiger partial charge in [0.2, 0.25) is 11.8 Å². The molecule has 2 heterocycles. The highest BCUT2D eigenvalue weighted by atomic mass is 35.5. The first-order valence-corrected chi connectivity index (χ1v) is 10.4. The number of carbonyl (C=O) groups is 3. The molecule has 33 heavy (non-hydrogen) atoms. The van der Waals surface area contributed by atoms with Crippen LogP contribution in [0, 0.1) is 5.82 Å². The van der Waals surface area contributed by atoms with E-state index in [2.05, 4.69) is 15.3 Å². The van der Waals surface area contributed by atoms with Crippen LogP contribution in [0.5, 0.6) is 0 Å².